The zero-order valence-electron chi connectivity index (χ0n) is 9.31. The van der Waals surface area contributed by atoms with E-state index in [1.807, 2.05) is 0 Å². The van der Waals surface area contributed by atoms with Gasteiger partial charge in [-0.15, -0.1) is 0 Å². The van der Waals surface area contributed by atoms with E-state index in [2.05, 4.69) is 17.6 Å². The van der Waals surface area contributed by atoms with Crippen LogP contribution in [0, 0.1) is 5.92 Å². The Kier molecular flexibility index (Phi) is 3.52. The van der Waals surface area contributed by atoms with Gasteiger partial charge in [-0.3, -0.25) is 9.69 Å². The van der Waals surface area contributed by atoms with Gasteiger partial charge in [0, 0.05) is 19.2 Å². The molecule has 1 unspecified atom stereocenters. The molecule has 1 amide bonds. The lowest BCUT2D eigenvalue weighted by Gasteiger charge is -2.16. The van der Waals surface area contributed by atoms with Crippen LogP contribution >= 0.6 is 12.6 Å². The van der Waals surface area contributed by atoms with E-state index < -0.39 is 11.7 Å². The number of hydrogen-bond acceptors (Lipinski definition) is 3. The van der Waals surface area contributed by atoms with Crippen molar-refractivity contribution in [1.82, 2.24) is 4.98 Å². The Hall–Kier alpha value is -1.24. The van der Waals surface area contributed by atoms with Crippen molar-refractivity contribution in [3.63, 3.8) is 0 Å². The molecule has 2 heterocycles. The van der Waals surface area contributed by atoms with Gasteiger partial charge >= 0.3 is 6.18 Å². The molecule has 2 rings (SSSR count). The van der Waals surface area contributed by atoms with E-state index >= 15 is 0 Å². The Balaban J connectivity index is 2.27. The molecule has 0 aliphatic carbocycles. The quantitative estimate of drug-likeness (QED) is 0.841. The Morgan fingerprint density at radius 1 is 1.50 bits per heavy atom. The highest BCUT2D eigenvalue weighted by Crippen LogP contribution is 2.32. The fourth-order valence-corrected chi connectivity index (χ4v) is 2.11. The van der Waals surface area contributed by atoms with Crippen molar-refractivity contribution in [1.29, 1.82) is 0 Å². The molecule has 0 saturated carbocycles. The summed E-state index contributed by atoms with van der Waals surface area (Å²) in [7, 11) is 0. The molecule has 1 fully saturated rings. The van der Waals surface area contributed by atoms with E-state index in [1.165, 1.54) is 4.90 Å². The van der Waals surface area contributed by atoms with E-state index in [0.29, 0.717) is 18.7 Å². The highest BCUT2D eigenvalue weighted by molar-refractivity contribution is 7.80. The normalized spacial score (nSPS) is 20.6. The van der Waals surface area contributed by atoms with Crippen molar-refractivity contribution in [3.05, 3.63) is 23.9 Å². The second-order valence-corrected chi connectivity index (χ2v) is 4.52. The van der Waals surface area contributed by atoms with Gasteiger partial charge < -0.3 is 0 Å². The van der Waals surface area contributed by atoms with Crippen LogP contribution in [0.4, 0.5) is 19.0 Å². The van der Waals surface area contributed by atoms with E-state index in [-0.39, 0.29) is 17.6 Å². The largest absolute Gasteiger partial charge is 0.416 e. The van der Waals surface area contributed by atoms with Gasteiger partial charge in [0.1, 0.15) is 5.82 Å². The van der Waals surface area contributed by atoms with Crippen molar-refractivity contribution in [2.24, 2.45) is 5.92 Å². The number of alkyl halides is 3. The summed E-state index contributed by atoms with van der Waals surface area (Å²) in [4.78, 5) is 16.8. The first kappa shape index (κ1) is 13.2. The topological polar surface area (TPSA) is 33.2 Å². The number of halogens is 3. The van der Waals surface area contributed by atoms with Gasteiger partial charge in [0.05, 0.1) is 5.56 Å². The Bertz CT molecular complexity index is 464. The average molecular weight is 276 g/mol. The van der Waals surface area contributed by atoms with Crippen molar-refractivity contribution >= 4 is 24.4 Å². The predicted octanol–water partition coefficient (Wildman–Crippen LogP) is 2.38. The SMILES string of the molecule is O=C1CC(CS)CN1c1cc(C(F)(F)F)ccn1. The molecule has 1 aromatic rings. The number of carbonyl (C=O) groups excluding carboxylic acids is 1. The minimum Gasteiger partial charge on any atom is -0.296 e. The van der Waals surface area contributed by atoms with Gasteiger partial charge in [-0.05, 0) is 23.8 Å². The fourth-order valence-electron chi connectivity index (χ4n) is 1.87. The number of amides is 1. The number of rotatable bonds is 2. The van der Waals surface area contributed by atoms with Gasteiger partial charge in [-0.1, -0.05) is 0 Å². The highest BCUT2D eigenvalue weighted by atomic mass is 32.1. The third-order valence-electron chi connectivity index (χ3n) is 2.81. The van der Waals surface area contributed by atoms with E-state index in [4.69, 9.17) is 0 Å². The number of hydrogen-bond donors (Lipinski definition) is 1. The van der Waals surface area contributed by atoms with Crippen molar-refractivity contribution in [3.8, 4) is 0 Å². The minimum atomic E-state index is -4.43. The Labute approximate surface area is 107 Å². The summed E-state index contributed by atoms with van der Waals surface area (Å²) >= 11 is 4.10. The van der Waals surface area contributed by atoms with Crippen molar-refractivity contribution < 1.29 is 18.0 Å². The summed E-state index contributed by atoms with van der Waals surface area (Å²) in [6.45, 7) is 0.372. The Morgan fingerprint density at radius 2 is 2.22 bits per heavy atom. The number of anilines is 1. The maximum Gasteiger partial charge on any atom is 0.416 e. The number of nitrogens with zero attached hydrogens (tertiary/aromatic N) is 2. The third-order valence-corrected chi connectivity index (χ3v) is 3.33. The molecule has 98 valence electrons. The van der Waals surface area contributed by atoms with E-state index in [0.717, 1.165) is 18.3 Å². The lowest BCUT2D eigenvalue weighted by molar-refractivity contribution is -0.137. The molecule has 1 aromatic heterocycles. The number of aromatic nitrogens is 1. The molecule has 1 aliphatic heterocycles. The molecule has 0 spiro atoms. The van der Waals surface area contributed by atoms with Crippen LogP contribution in [0.25, 0.3) is 0 Å². The molecule has 1 atom stereocenters. The summed E-state index contributed by atoms with van der Waals surface area (Å²) in [5.41, 5.74) is -0.797. The molecule has 0 aromatic carbocycles. The monoisotopic (exact) mass is 276 g/mol. The molecule has 7 heteroatoms. The number of thiol groups is 1. The lowest BCUT2D eigenvalue weighted by Crippen LogP contribution is -2.26. The molecular weight excluding hydrogens is 265 g/mol. The summed E-state index contributed by atoms with van der Waals surface area (Å²) in [6.07, 6.45) is -3.05. The second kappa shape index (κ2) is 4.79. The summed E-state index contributed by atoms with van der Waals surface area (Å²) < 4.78 is 37.7. The molecule has 0 radical (unpaired) electrons. The van der Waals surface area contributed by atoms with E-state index in [1.54, 1.807) is 0 Å². The first-order chi connectivity index (χ1) is 8.41. The third kappa shape index (κ3) is 2.60. The van der Waals surface area contributed by atoms with Crippen LogP contribution in [0.1, 0.15) is 12.0 Å². The van der Waals surface area contributed by atoms with Crippen LogP contribution in [0.5, 0.6) is 0 Å². The van der Waals surface area contributed by atoms with Crippen LogP contribution in [0.3, 0.4) is 0 Å². The average Bonchev–Trinajstić information content (AvgIpc) is 2.70. The molecule has 0 bridgehead atoms. The molecule has 1 saturated heterocycles. The smallest absolute Gasteiger partial charge is 0.296 e. The molecule has 18 heavy (non-hydrogen) atoms. The summed E-state index contributed by atoms with van der Waals surface area (Å²) in [5.74, 6) is 0.443. The lowest BCUT2D eigenvalue weighted by atomic mass is 10.1. The fraction of sp³-hybridized carbons (Fsp3) is 0.455. The molecular formula is C11H11F3N2OS. The maximum atomic E-state index is 12.6. The highest BCUT2D eigenvalue weighted by Gasteiger charge is 2.34. The van der Waals surface area contributed by atoms with Crippen LogP contribution in [0.15, 0.2) is 18.3 Å². The van der Waals surface area contributed by atoms with Crippen molar-refractivity contribution in [2.75, 3.05) is 17.2 Å². The zero-order chi connectivity index (χ0) is 13.3. The van der Waals surface area contributed by atoms with Gasteiger partial charge in [0.2, 0.25) is 5.91 Å². The number of carbonyl (C=O) groups is 1. The second-order valence-electron chi connectivity index (χ2n) is 4.16. The standard InChI is InChI=1S/C11H11F3N2OS/c12-11(13,14)8-1-2-15-9(4-8)16-5-7(6-18)3-10(16)17/h1-2,4,7,18H,3,5-6H2. The van der Waals surface area contributed by atoms with Gasteiger partial charge in [-0.25, -0.2) is 4.98 Å². The van der Waals surface area contributed by atoms with Crippen molar-refractivity contribution in [2.45, 2.75) is 12.6 Å². The maximum absolute atomic E-state index is 12.6. The Morgan fingerprint density at radius 3 is 2.78 bits per heavy atom. The summed E-state index contributed by atoms with van der Waals surface area (Å²) in [5, 5.41) is 0. The van der Waals surface area contributed by atoms with Crippen LogP contribution < -0.4 is 4.90 Å². The van der Waals surface area contributed by atoms with Gasteiger partial charge in [0.25, 0.3) is 0 Å². The summed E-state index contributed by atoms with van der Waals surface area (Å²) in [6, 6.07) is 1.79. The van der Waals surface area contributed by atoms with Gasteiger partial charge in [-0.2, -0.15) is 25.8 Å². The molecule has 1 aliphatic rings. The van der Waals surface area contributed by atoms with Crippen LogP contribution in [-0.4, -0.2) is 23.2 Å². The van der Waals surface area contributed by atoms with E-state index in [9.17, 15) is 18.0 Å². The van der Waals surface area contributed by atoms with Crippen LogP contribution in [0.2, 0.25) is 0 Å². The first-order valence-corrected chi connectivity index (χ1v) is 5.99. The zero-order valence-corrected chi connectivity index (χ0v) is 10.2. The van der Waals surface area contributed by atoms with Gasteiger partial charge in [0.15, 0.2) is 0 Å². The van der Waals surface area contributed by atoms with Crippen LogP contribution in [-0.2, 0) is 11.0 Å². The molecule has 3 nitrogen and oxygen atoms in total. The number of pyridine rings is 1. The molecule has 0 N–H and O–H groups in total. The minimum absolute atomic E-state index is 0.0547. The predicted molar refractivity (Wildman–Crippen MR) is 63.6 cm³/mol. The first-order valence-electron chi connectivity index (χ1n) is 5.36.